The van der Waals surface area contributed by atoms with Crippen molar-refractivity contribution in [3.8, 4) is 5.75 Å². The molecule has 0 amide bonds. The third kappa shape index (κ3) is 3.54. The zero-order valence-electron chi connectivity index (χ0n) is 12.4. The summed E-state index contributed by atoms with van der Waals surface area (Å²) in [4.78, 5) is 2.31. The number of piperidine rings is 1. The summed E-state index contributed by atoms with van der Waals surface area (Å²) >= 11 is 0. The molecule has 0 aromatic heterocycles. The summed E-state index contributed by atoms with van der Waals surface area (Å²) in [5.41, 5.74) is 0. The predicted molar refractivity (Wildman–Crippen MR) is 76.8 cm³/mol. The van der Waals surface area contributed by atoms with Crippen molar-refractivity contribution >= 4 is 0 Å². The van der Waals surface area contributed by atoms with Crippen molar-refractivity contribution in [3.63, 3.8) is 0 Å². The van der Waals surface area contributed by atoms with Crippen LogP contribution in [0.3, 0.4) is 0 Å². The van der Waals surface area contributed by atoms with Gasteiger partial charge in [-0.25, -0.2) is 4.39 Å². The molecule has 2 aliphatic heterocycles. The lowest BCUT2D eigenvalue weighted by Crippen LogP contribution is -2.46. The van der Waals surface area contributed by atoms with Crippen LogP contribution in [0.1, 0.15) is 19.8 Å². The van der Waals surface area contributed by atoms with Crippen molar-refractivity contribution in [2.75, 3.05) is 32.8 Å². The quantitative estimate of drug-likeness (QED) is 0.853. The Hall–Kier alpha value is -1.17. The summed E-state index contributed by atoms with van der Waals surface area (Å²) in [7, 11) is 0. The largest absolute Gasteiger partial charge is 0.489 e. The normalized spacial score (nSPS) is 25.3. The molecule has 1 spiro atoms. The first kappa shape index (κ1) is 14.8. The van der Waals surface area contributed by atoms with Gasteiger partial charge in [0.05, 0.1) is 12.7 Å². The van der Waals surface area contributed by atoms with Crippen LogP contribution in [0.4, 0.5) is 4.39 Å². The van der Waals surface area contributed by atoms with Crippen molar-refractivity contribution in [2.24, 2.45) is 0 Å². The molecule has 0 bridgehead atoms. The molecule has 0 unspecified atom stereocenters. The Labute approximate surface area is 124 Å². The first-order valence-electron chi connectivity index (χ1n) is 7.58. The monoisotopic (exact) mass is 295 g/mol. The van der Waals surface area contributed by atoms with Crippen molar-refractivity contribution < 1.29 is 18.6 Å². The van der Waals surface area contributed by atoms with E-state index in [1.165, 1.54) is 6.07 Å². The van der Waals surface area contributed by atoms with Crippen molar-refractivity contribution in [2.45, 2.75) is 31.7 Å². The van der Waals surface area contributed by atoms with Gasteiger partial charge in [0.25, 0.3) is 0 Å². The number of halogens is 1. The fourth-order valence-electron chi connectivity index (χ4n) is 2.93. The molecule has 2 fully saturated rings. The Bertz CT molecular complexity index is 474. The van der Waals surface area contributed by atoms with Crippen LogP contribution >= 0.6 is 0 Å². The summed E-state index contributed by atoms with van der Waals surface area (Å²) in [5, 5.41) is 0. The molecule has 3 rings (SSSR count). The van der Waals surface area contributed by atoms with Gasteiger partial charge in [0.15, 0.2) is 17.4 Å². The highest BCUT2D eigenvalue weighted by Gasteiger charge is 2.42. The Morgan fingerprint density at radius 1 is 1.33 bits per heavy atom. The van der Waals surface area contributed by atoms with E-state index in [0.29, 0.717) is 19.0 Å². The molecule has 0 radical (unpaired) electrons. The molecule has 4 nitrogen and oxygen atoms in total. The first-order chi connectivity index (χ1) is 10.2. The molecule has 1 aromatic carbocycles. The smallest absolute Gasteiger partial charge is 0.171 e. The van der Waals surface area contributed by atoms with Gasteiger partial charge in [0.1, 0.15) is 6.61 Å². The molecule has 21 heavy (non-hydrogen) atoms. The number of ether oxygens (including phenoxy) is 3. The summed E-state index contributed by atoms with van der Waals surface area (Å²) < 4.78 is 30.6. The Balaban J connectivity index is 1.41. The number of benzene rings is 1. The molecule has 0 aliphatic carbocycles. The van der Waals surface area contributed by atoms with Crippen LogP contribution in [0.15, 0.2) is 24.3 Å². The van der Waals surface area contributed by atoms with E-state index in [1.807, 2.05) is 6.92 Å². The number of nitrogens with zero attached hydrogens (tertiary/aromatic N) is 1. The fourth-order valence-corrected chi connectivity index (χ4v) is 2.93. The van der Waals surface area contributed by atoms with Gasteiger partial charge in [-0.1, -0.05) is 12.1 Å². The molecular formula is C16H22FNO3. The summed E-state index contributed by atoms with van der Waals surface area (Å²) in [6.07, 6.45) is 1.97. The molecule has 2 aliphatic rings. The molecule has 1 atom stereocenters. The zero-order valence-corrected chi connectivity index (χ0v) is 12.4. The minimum absolute atomic E-state index is 0.195. The fraction of sp³-hybridized carbons (Fsp3) is 0.625. The molecule has 1 aromatic rings. The van der Waals surface area contributed by atoms with E-state index in [4.69, 9.17) is 14.2 Å². The van der Waals surface area contributed by atoms with Crippen LogP contribution in [-0.2, 0) is 9.47 Å². The van der Waals surface area contributed by atoms with Gasteiger partial charge in [-0.3, -0.25) is 4.90 Å². The summed E-state index contributed by atoms with van der Waals surface area (Å²) in [5.74, 6) is -0.346. The van der Waals surface area contributed by atoms with E-state index in [0.717, 1.165) is 32.5 Å². The van der Waals surface area contributed by atoms with E-state index < -0.39 is 0 Å². The minimum atomic E-state index is -0.359. The third-order valence-corrected chi connectivity index (χ3v) is 4.12. The van der Waals surface area contributed by atoms with Crippen LogP contribution in [0.5, 0.6) is 5.75 Å². The SMILES string of the molecule is C[C@@H]1COC2(CCN(CCOc3ccccc3F)CC2)O1. The van der Waals surface area contributed by atoms with E-state index in [2.05, 4.69) is 4.90 Å². The molecule has 116 valence electrons. The van der Waals surface area contributed by atoms with Crippen LogP contribution < -0.4 is 4.74 Å². The lowest BCUT2D eigenvalue weighted by molar-refractivity contribution is -0.193. The lowest BCUT2D eigenvalue weighted by Gasteiger charge is -2.37. The maximum atomic E-state index is 13.4. The Kier molecular flexibility index (Phi) is 4.42. The second kappa shape index (κ2) is 6.30. The van der Waals surface area contributed by atoms with Crippen LogP contribution in [0, 0.1) is 5.82 Å². The molecule has 2 saturated heterocycles. The molecule has 2 heterocycles. The summed E-state index contributed by atoms with van der Waals surface area (Å²) in [6, 6.07) is 6.51. The molecule has 0 saturated carbocycles. The summed E-state index contributed by atoms with van der Waals surface area (Å²) in [6.45, 7) is 5.87. The standard InChI is InChI=1S/C16H22FNO3/c1-13-12-20-16(21-13)6-8-18(9-7-16)10-11-19-15-5-3-2-4-14(15)17/h2-5,13H,6-12H2,1H3/t13-/m1/s1. The highest BCUT2D eigenvalue weighted by atomic mass is 19.1. The number of rotatable bonds is 4. The maximum Gasteiger partial charge on any atom is 0.171 e. The van der Waals surface area contributed by atoms with Crippen molar-refractivity contribution in [1.82, 2.24) is 4.90 Å². The number of likely N-dealkylation sites (tertiary alicyclic amines) is 1. The van der Waals surface area contributed by atoms with Gasteiger partial charge in [0, 0.05) is 32.5 Å². The van der Waals surface area contributed by atoms with E-state index in [-0.39, 0.29) is 17.7 Å². The van der Waals surface area contributed by atoms with Gasteiger partial charge in [0.2, 0.25) is 0 Å². The van der Waals surface area contributed by atoms with Gasteiger partial charge in [-0.15, -0.1) is 0 Å². The van der Waals surface area contributed by atoms with E-state index >= 15 is 0 Å². The third-order valence-electron chi connectivity index (χ3n) is 4.12. The van der Waals surface area contributed by atoms with Gasteiger partial charge in [-0.05, 0) is 19.1 Å². The van der Waals surface area contributed by atoms with E-state index in [1.54, 1.807) is 18.2 Å². The van der Waals surface area contributed by atoms with Crippen molar-refractivity contribution in [3.05, 3.63) is 30.1 Å². The highest BCUT2D eigenvalue weighted by Crippen LogP contribution is 2.33. The average molecular weight is 295 g/mol. The predicted octanol–water partition coefficient (Wildman–Crippen LogP) is 2.43. The highest BCUT2D eigenvalue weighted by molar-refractivity contribution is 5.23. The number of para-hydroxylation sites is 1. The molecular weight excluding hydrogens is 273 g/mol. The van der Waals surface area contributed by atoms with Crippen LogP contribution in [0.2, 0.25) is 0 Å². The second-order valence-corrected chi connectivity index (χ2v) is 5.77. The zero-order chi connectivity index (χ0) is 14.7. The van der Waals surface area contributed by atoms with E-state index in [9.17, 15) is 4.39 Å². The van der Waals surface area contributed by atoms with Crippen LogP contribution in [-0.4, -0.2) is 49.6 Å². The average Bonchev–Trinajstić information content (AvgIpc) is 2.84. The molecule has 5 heteroatoms. The van der Waals surface area contributed by atoms with Crippen LogP contribution in [0.25, 0.3) is 0 Å². The number of hydrogen-bond donors (Lipinski definition) is 0. The number of hydrogen-bond acceptors (Lipinski definition) is 4. The first-order valence-corrected chi connectivity index (χ1v) is 7.58. The minimum Gasteiger partial charge on any atom is -0.489 e. The Morgan fingerprint density at radius 3 is 2.76 bits per heavy atom. The van der Waals surface area contributed by atoms with Gasteiger partial charge >= 0.3 is 0 Å². The maximum absolute atomic E-state index is 13.4. The Morgan fingerprint density at radius 2 is 2.10 bits per heavy atom. The lowest BCUT2D eigenvalue weighted by atomic mass is 10.0. The topological polar surface area (TPSA) is 30.9 Å². The van der Waals surface area contributed by atoms with Gasteiger partial charge < -0.3 is 14.2 Å². The molecule has 0 N–H and O–H groups in total. The second-order valence-electron chi connectivity index (χ2n) is 5.77. The van der Waals surface area contributed by atoms with Gasteiger partial charge in [-0.2, -0.15) is 0 Å². The van der Waals surface area contributed by atoms with Crippen molar-refractivity contribution in [1.29, 1.82) is 0 Å².